The number of benzene rings is 1. The van der Waals surface area contributed by atoms with Crippen molar-refractivity contribution in [3.63, 3.8) is 0 Å². The van der Waals surface area contributed by atoms with Gasteiger partial charge in [0.2, 0.25) is 0 Å². The molecule has 1 fully saturated rings. The number of hydrogen-bond acceptors (Lipinski definition) is 4. The normalized spacial score (nSPS) is 18.1. The number of rotatable bonds is 4. The molecule has 1 aliphatic rings. The lowest BCUT2D eigenvalue weighted by molar-refractivity contribution is 0.0616. The van der Waals surface area contributed by atoms with E-state index in [0.29, 0.717) is 36.1 Å². The van der Waals surface area contributed by atoms with Gasteiger partial charge in [0.05, 0.1) is 5.39 Å². The molecule has 6 nitrogen and oxygen atoms in total. The standard InChI is InChI=1S/C19H26N4O2/c1-13(2)12-23-18(24)16-9-4-3-8-15(16)17(21-23)19(25)22-10-6-5-7-14(22)11-20/h3-4,8-9,13-14H,5-7,10-12,20H2,1-2H3. The Morgan fingerprint density at radius 2 is 2.00 bits per heavy atom. The molecule has 0 saturated carbocycles. The smallest absolute Gasteiger partial charge is 0.275 e. The van der Waals surface area contributed by atoms with E-state index in [9.17, 15) is 9.59 Å². The van der Waals surface area contributed by atoms with Crippen LogP contribution in [0.3, 0.4) is 0 Å². The predicted molar refractivity (Wildman–Crippen MR) is 98.6 cm³/mol. The van der Waals surface area contributed by atoms with Crippen molar-refractivity contribution in [2.45, 2.75) is 45.7 Å². The van der Waals surface area contributed by atoms with E-state index in [4.69, 9.17) is 5.73 Å². The van der Waals surface area contributed by atoms with Gasteiger partial charge in [0, 0.05) is 31.1 Å². The summed E-state index contributed by atoms with van der Waals surface area (Å²) in [6, 6.07) is 7.28. The van der Waals surface area contributed by atoms with E-state index in [-0.39, 0.29) is 23.4 Å². The monoisotopic (exact) mass is 342 g/mol. The molecule has 134 valence electrons. The third-order valence-electron chi connectivity index (χ3n) is 4.77. The molecule has 2 aromatic rings. The van der Waals surface area contributed by atoms with Gasteiger partial charge in [-0.15, -0.1) is 0 Å². The van der Waals surface area contributed by atoms with Crippen molar-refractivity contribution in [3.05, 3.63) is 40.3 Å². The number of fused-ring (bicyclic) bond motifs is 1. The van der Waals surface area contributed by atoms with Gasteiger partial charge in [-0.1, -0.05) is 32.0 Å². The number of carbonyl (C=O) groups is 1. The van der Waals surface area contributed by atoms with Crippen LogP contribution in [0, 0.1) is 5.92 Å². The van der Waals surface area contributed by atoms with Crippen molar-refractivity contribution in [2.75, 3.05) is 13.1 Å². The average Bonchev–Trinajstić information content (AvgIpc) is 2.63. The first-order valence-electron chi connectivity index (χ1n) is 9.03. The molecule has 0 aliphatic carbocycles. The molecule has 2 N–H and O–H groups in total. The van der Waals surface area contributed by atoms with Crippen LogP contribution < -0.4 is 11.3 Å². The van der Waals surface area contributed by atoms with Crippen molar-refractivity contribution < 1.29 is 4.79 Å². The van der Waals surface area contributed by atoms with Gasteiger partial charge < -0.3 is 10.6 Å². The first-order chi connectivity index (χ1) is 12.0. The number of aromatic nitrogens is 2. The Bertz CT molecular complexity index is 828. The Labute approximate surface area is 147 Å². The fraction of sp³-hybridized carbons (Fsp3) is 0.526. The number of hydrogen-bond donors (Lipinski definition) is 1. The predicted octanol–water partition coefficient (Wildman–Crippen LogP) is 2.01. The SMILES string of the molecule is CC(C)Cn1nc(C(=O)N2CCCCC2CN)c2ccccc2c1=O. The second-order valence-corrected chi connectivity index (χ2v) is 7.16. The highest BCUT2D eigenvalue weighted by atomic mass is 16.2. The fourth-order valence-electron chi connectivity index (χ4n) is 3.51. The summed E-state index contributed by atoms with van der Waals surface area (Å²) in [6.07, 6.45) is 2.99. The topological polar surface area (TPSA) is 81.2 Å². The third kappa shape index (κ3) is 3.44. The van der Waals surface area contributed by atoms with Crippen LogP contribution >= 0.6 is 0 Å². The molecule has 1 saturated heterocycles. The third-order valence-corrected chi connectivity index (χ3v) is 4.77. The van der Waals surface area contributed by atoms with Crippen molar-refractivity contribution in [2.24, 2.45) is 11.7 Å². The second-order valence-electron chi connectivity index (χ2n) is 7.16. The molecule has 2 heterocycles. The van der Waals surface area contributed by atoms with Gasteiger partial charge >= 0.3 is 0 Å². The molecule has 25 heavy (non-hydrogen) atoms. The van der Waals surface area contributed by atoms with Crippen molar-refractivity contribution in [1.82, 2.24) is 14.7 Å². The summed E-state index contributed by atoms with van der Waals surface area (Å²) < 4.78 is 1.43. The lowest BCUT2D eigenvalue weighted by atomic mass is 10.0. The molecular weight excluding hydrogens is 316 g/mol. The number of carbonyl (C=O) groups excluding carboxylic acids is 1. The molecule has 0 bridgehead atoms. The molecule has 1 unspecified atom stereocenters. The summed E-state index contributed by atoms with van der Waals surface area (Å²) in [6.45, 7) is 5.69. The molecule has 0 radical (unpaired) electrons. The zero-order valence-corrected chi connectivity index (χ0v) is 14.9. The van der Waals surface area contributed by atoms with E-state index in [2.05, 4.69) is 5.10 Å². The lowest BCUT2D eigenvalue weighted by Gasteiger charge is -2.35. The summed E-state index contributed by atoms with van der Waals surface area (Å²) in [7, 11) is 0. The Hall–Kier alpha value is -2.21. The molecule has 1 amide bonds. The van der Waals surface area contributed by atoms with E-state index in [1.165, 1.54) is 4.68 Å². The minimum absolute atomic E-state index is 0.0484. The van der Waals surface area contributed by atoms with Gasteiger partial charge in [-0.05, 0) is 31.2 Å². The Kier molecular flexibility index (Phi) is 5.18. The highest BCUT2D eigenvalue weighted by Crippen LogP contribution is 2.21. The van der Waals surface area contributed by atoms with Gasteiger partial charge in [0.1, 0.15) is 0 Å². The number of nitrogens with zero attached hydrogens (tertiary/aromatic N) is 3. The molecule has 3 rings (SSSR count). The van der Waals surface area contributed by atoms with Crippen LogP contribution in [-0.4, -0.2) is 39.7 Å². The minimum Gasteiger partial charge on any atom is -0.333 e. The van der Waals surface area contributed by atoms with Crippen LogP contribution in [0.25, 0.3) is 10.8 Å². The maximum absolute atomic E-state index is 13.2. The zero-order chi connectivity index (χ0) is 18.0. The highest BCUT2D eigenvalue weighted by molar-refractivity contribution is 6.04. The van der Waals surface area contributed by atoms with Crippen molar-refractivity contribution in [3.8, 4) is 0 Å². The maximum atomic E-state index is 13.2. The number of amides is 1. The number of piperidine rings is 1. The van der Waals surface area contributed by atoms with Crippen LogP contribution in [-0.2, 0) is 6.54 Å². The van der Waals surface area contributed by atoms with Crippen LogP contribution in [0.15, 0.2) is 29.1 Å². The Morgan fingerprint density at radius 1 is 1.28 bits per heavy atom. The molecule has 1 aromatic heterocycles. The van der Waals surface area contributed by atoms with Gasteiger partial charge in [-0.2, -0.15) is 5.10 Å². The quantitative estimate of drug-likeness (QED) is 0.921. The Morgan fingerprint density at radius 3 is 2.68 bits per heavy atom. The van der Waals surface area contributed by atoms with E-state index in [1.807, 2.05) is 30.9 Å². The highest BCUT2D eigenvalue weighted by Gasteiger charge is 2.29. The second kappa shape index (κ2) is 7.35. The number of nitrogens with two attached hydrogens (primary N) is 1. The average molecular weight is 342 g/mol. The maximum Gasteiger partial charge on any atom is 0.275 e. The zero-order valence-electron chi connectivity index (χ0n) is 14.9. The van der Waals surface area contributed by atoms with Crippen molar-refractivity contribution >= 4 is 16.7 Å². The molecule has 1 aliphatic heterocycles. The lowest BCUT2D eigenvalue weighted by Crippen LogP contribution is -2.48. The first-order valence-corrected chi connectivity index (χ1v) is 9.03. The summed E-state index contributed by atoms with van der Waals surface area (Å²) in [4.78, 5) is 27.8. The van der Waals surface area contributed by atoms with E-state index >= 15 is 0 Å². The summed E-state index contributed by atoms with van der Waals surface area (Å²) in [5.74, 6) is 0.143. The molecule has 0 spiro atoms. The van der Waals surface area contributed by atoms with Crippen LogP contribution in [0.1, 0.15) is 43.6 Å². The van der Waals surface area contributed by atoms with Crippen LogP contribution in [0.4, 0.5) is 0 Å². The summed E-state index contributed by atoms with van der Waals surface area (Å²) >= 11 is 0. The fourth-order valence-corrected chi connectivity index (χ4v) is 3.51. The van der Waals surface area contributed by atoms with Gasteiger partial charge in [0.15, 0.2) is 5.69 Å². The van der Waals surface area contributed by atoms with E-state index in [1.54, 1.807) is 12.1 Å². The first kappa shape index (κ1) is 17.6. The Balaban J connectivity index is 2.12. The summed E-state index contributed by atoms with van der Waals surface area (Å²) in [5.41, 5.74) is 6.09. The van der Waals surface area contributed by atoms with E-state index in [0.717, 1.165) is 19.3 Å². The molecule has 6 heteroatoms. The van der Waals surface area contributed by atoms with Crippen molar-refractivity contribution in [1.29, 1.82) is 0 Å². The van der Waals surface area contributed by atoms with Gasteiger partial charge in [0.25, 0.3) is 11.5 Å². The summed E-state index contributed by atoms with van der Waals surface area (Å²) in [5, 5.41) is 5.62. The molecular formula is C19H26N4O2. The van der Waals surface area contributed by atoms with Gasteiger partial charge in [-0.3, -0.25) is 9.59 Å². The minimum atomic E-state index is -0.144. The van der Waals surface area contributed by atoms with Crippen LogP contribution in [0.5, 0.6) is 0 Å². The molecule has 1 aromatic carbocycles. The number of likely N-dealkylation sites (tertiary alicyclic amines) is 1. The van der Waals surface area contributed by atoms with E-state index < -0.39 is 0 Å². The van der Waals surface area contributed by atoms with Crippen LogP contribution in [0.2, 0.25) is 0 Å². The van der Waals surface area contributed by atoms with Gasteiger partial charge in [-0.25, -0.2) is 4.68 Å². The largest absolute Gasteiger partial charge is 0.333 e. The molecule has 1 atom stereocenters.